The van der Waals surface area contributed by atoms with Crippen molar-refractivity contribution >= 4 is 22.0 Å². The van der Waals surface area contributed by atoms with Crippen LogP contribution in [0.25, 0.3) is 0 Å². The third-order valence-corrected chi connectivity index (χ3v) is 2.53. The minimum atomic E-state index is -3.62. The SMILES string of the molecule is CNS(=O)(=O)Nc1ccc(C(=O)O)cn1. The molecule has 1 aromatic rings. The number of nitrogens with one attached hydrogen (secondary N) is 2. The molecule has 1 aromatic heterocycles. The summed E-state index contributed by atoms with van der Waals surface area (Å²) in [5.74, 6) is -1.07. The van der Waals surface area contributed by atoms with Crippen LogP contribution in [0, 0.1) is 0 Å². The molecular formula is C7H9N3O4S. The normalized spacial score (nSPS) is 11.0. The van der Waals surface area contributed by atoms with E-state index in [1.54, 1.807) is 0 Å². The van der Waals surface area contributed by atoms with Gasteiger partial charge >= 0.3 is 5.97 Å². The molecule has 0 aliphatic carbocycles. The van der Waals surface area contributed by atoms with Crippen molar-refractivity contribution in [3.63, 3.8) is 0 Å². The average molecular weight is 231 g/mol. The Bertz CT molecular complexity index is 454. The smallest absolute Gasteiger partial charge is 0.337 e. The van der Waals surface area contributed by atoms with Crippen molar-refractivity contribution in [3.05, 3.63) is 23.9 Å². The molecule has 15 heavy (non-hydrogen) atoms. The molecule has 8 heteroatoms. The molecule has 0 bridgehead atoms. The van der Waals surface area contributed by atoms with Crippen LogP contribution < -0.4 is 9.44 Å². The van der Waals surface area contributed by atoms with Gasteiger partial charge in [-0.3, -0.25) is 4.72 Å². The Morgan fingerprint density at radius 1 is 1.47 bits per heavy atom. The van der Waals surface area contributed by atoms with Crippen LogP contribution in [-0.4, -0.2) is 31.5 Å². The van der Waals surface area contributed by atoms with Gasteiger partial charge in [-0.2, -0.15) is 8.42 Å². The Morgan fingerprint density at radius 2 is 2.13 bits per heavy atom. The molecule has 0 atom stereocenters. The lowest BCUT2D eigenvalue weighted by molar-refractivity contribution is 0.0696. The predicted octanol–water partition coefficient (Wildman–Crippen LogP) is -0.344. The number of aromatic nitrogens is 1. The highest BCUT2D eigenvalue weighted by Gasteiger charge is 2.08. The lowest BCUT2D eigenvalue weighted by Gasteiger charge is -2.04. The Labute approximate surface area is 86.3 Å². The van der Waals surface area contributed by atoms with E-state index in [-0.39, 0.29) is 11.4 Å². The van der Waals surface area contributed by atoms with Crippen molar-refractivity contribution in [2.75, 3.05) is 11.8 Å². The summed E-state index contributed by atoms with van der Waals surface area (Å²) in [6.07, 6.45) is 1.07. The highest BCUT2D eigenvalue weighted by molar-refractivity contribution is 7.90. The molecule has 0 saturated heterocycles. The molecule has 0 aromatic carbocycles. The Kier molecular flexibility index (Phi) is 3.22. The zero-order valence-electron chi connectivity index (χ0n) is 7.76. The van der Waals surface area contributed by atoms with Gasteiger partial charge in [0, 0.05) is 13.2 Å². The fraction of sp³-hybridized carbons (Fsp3) is 0.143. The molecule has 1 heterocycles. The number of carbonyl (C=O) groups is 1. The molecule has 0 unspecified atom stereocenters. The van der Waals surface area contributed by atoms with Crippen LogP contribution in [0.5, 0.6) is 0 Å². The minimum absolute atomic E-state index is 0.0117. The number of hydrogen-bond donors (Lipinski definition) is 3. The molecule has 1 rings (SSSR count). The minimum Gasteiger partial charge on any atom is -0.478 e. The first-order valence-corrected chi connectivity index (χ1v) is 5.33. The third-order valence-electron chi connectivity index (χ3n) is 1.52. The maximum Gasteiger partial charge on any atom is 0.337 e. The third kappa shape index (κ3) is 3.18. The molecule has 0 aliphatic rings. The van der Waals surface area contributed by atoms with E-state index in [0.717, 1.165) is 6.20 Å². The quantitative estimate of drug-likeness (QED) is 0.656. The maximum absolute atomic E-state index is 11.0. The van der Waals surface area contributed by atoms with Gasteiger partial charge < -0.3 is 5.11 Å². The number of aromatic carboxylic acids is 1. The van der Waals surface area contributed by atoms with E-state index in [9.17, 15) is 13.2 Å². The van der Waals surface area contributed by atoms with Crippen molar-refractivity contribution in [3.8, 4) is 0 Å². The van der Waals surface area contributed by atoms with Crippen molar-refractivity contribution in [2.24, 2.45) is 0 Å². The monoisotopic (exact) mass is 231 g/mol. The number of nitrogens with zero attached hydrogens (tertiary/aromatic N) is 1. The second-order valence-corrected chi connectivity index (χ2v) is 4.17. The first kappa shape index (κ1) is 11.4. The number of anilines is 1. The van der Waals surface area contributed by atoms with Crippen molar-refractivity contribution < 1.29 is 18.3 Å². The fourth-order valence-electron chi connectivity index (χ4n) is 0.769. The summed E-state index contributed by atoms with van der Waals surface area (Å²) in [4.78, 5) is 14.1. The van der Waals surface area contributed by atoms with E-state index < -0.39 is 16.2 Å². The van der Waals surface area contributed by atoms with Gasteiger partial charge in [0.05, 0.1) is 5.56 Å². The largest absolute Gasteiger partial charge is 0.478 e. The zero-order chi connectivity index (χ0) is 11.5. The highest BCUT2D eigenvalue weighted by atomic mass is 32.2. The van der Waals surface area contributed by atoms with Crippen molar-refractivity contribution in [1.29, 1.82) is 0 Å². The summed E-state index contributed by atoms with van der Waals surface area (Å²) >= 11 is 0. The summed E-state index contributed by atoms with van der Waals surface area (Å²) < 4.78 is 26.1. The highest BCUT2D eigenvalue weighted by Crippen LogP contribution is 2.05. The molecule has 0 saturated carbocycles. The molecule has 0 radical (unpaired) electrons. The van der Waals surface area contributed by atoms with Crippen molar-refractivity contribution in [2.45, 2.75) is 0 Å². The number of carboxylic acids is 1. The summed E-state index contributed by atoms with van der Waals surface area (Å²) in [5, 5.41) is 8.56. The van der Waals surface area contributed by atoms with Gasteiger partial charge in [-0.1, -0.05) is 0 Å². The summed E-state index contributed by atoms with van der Waals surface area (Å²) in [7, 11) is -2.37. The lowest BCUT2D eigenvalue weighted by atomic mass is 10.3. The average Bonchev–Trinajstić information content (AvgIpc) is 2.18. The first-order valence-electron chi connectivity index (χ1n) is 3.85. The van der Waals surface area contributed by atoms with Gasteiger partial charge in [0.2, 0.25) is 0 Å². The predicted molar refractivity (Wildman–Crippen MR) is 52.8 cm³/mol. The summed E-state index contributed by atoms with van der Waals surface area (Å²) in [5.41, 5.74) is -0.0117. The molecule has 0 amide bonds. The van der Waals surface area contributed by atoms with E-state index in [0.29, 0.717) is 0 Å². The molecule has 82 valence electrons. The van der Waals surface area contributed by atoms with Crippen LogP contribution in [-0.2, 0) is 10.2 Å². The van der Waals surface area contributed by atoms with Crippen LogP contribution in [0.2, 0.25) is 0 Å². The summed E-state index contributed by atoms with van der Waals surface area (Å²) in [6, 6.07) is 2.52. The first-order chi connectivity index (χ1) is 6.94. The zero-order valence-corrected chi connectivity index (χ0v) is 8.58. The van der Waals surface area contributed by atoms with E-state index in [4.69, 9.17) is 5.11 Å². The molecule has 3 N–H and O–H groups in total. The van der Waals surface area contributed by atoms with E-state index in [1.165, 1.54) is 19.2 Å². The molecule has 7 nitrogen and oxygen atoms in total. The Balaban J connectivity index is 2.86. The second-order valence-electron chi connectivity index (χ2n) is 2.55. The van der Waals surface area contributed by atoms with E-state index in [1.807, 2.05) is 4.72 Å². The standard InChI is InChI=1S/C7H9N3O4S/c1-8-15(13,14)10-6-3-2-5(4-9-6)7(11)12/h2-4,8H,1H3,(H,9,10)(H,11,12). The van der Waals surface area contributed by atoms with Crippen LogP contribution in [0.4, 0.5) is 5.82 Å². The Hall–Kier alpha value is -1.67. The molecular weight excluding hydrogens is 222 g/mol. The molecule has 0 fully saturated rings. The number of carboxylic acid groups (broad SMARTS) is 1. The van der Waals surface area contributed by atoms with Gasteiger partial charge in [-0.05, 0) is 12.1 Å². The van der Waals surface area contributed by atoms with Gasteiger partial charge in [-0.15, -0.1) is 0 Å². The van der Waals surface area contributed by atoms with E-state index >= 15 is 0 Å². The van der Waals surface area contributed by atoms with Gasteiger partial charge in [-0.25, -0.2) is 14.5 Å². The topological polar surface area (TPSA) is 108 Å². The number of hydrogen-bond acceptors (Lipinski definition) is 4. The summed E-state index contributed by atoms with van der Waals surface area (Å²) in [6.45, 7) is 0. The number of pyridine rings is 1. The van der Waals surface area contributed by atoms with Crippen LogP contribution in [0.1, 0.15) is 10.4 Å². The van der Waals surface area contributed by atoms with Gasteiger partial charge in [0.15, 0.2) is 0 Å². The van der Waals surface area contributed by atoms with Gasteiger partial charge in [0.1, 0.15) is 5.82 Å². The van der Waals surface area contributed by atoms with E-state index in [2.05, 4.69) is 9.71 Å². The van der Waals surface area contributed by atoms with Crippen LogP contribution >= 0.6 is 0 Å². The van der Waals surface area contributed by atoms with Crippen LogP contribution in [0.15, 0.2) is 18.3 Å². The van der Waals surface area contributed by atoms with Crippen LogP contribution in [0.3, 0.4) is 0 Å². The Morgan fingerprint density at radius 3 is 2.53 bits per heavy atom. The lowest BCUT2D eigenvalue weighted by Crippen LogP contribution is -2.26. The number of rotatable bonds is 4. The van der Waals surface area contributed by atoms with Crippen molar-refractivity contribution in [1.82, 2.24) is 9.71 Å². The molecule has 0 aliphatic heterocycles. The second kappa shape index (κ2) is 4.24. The fourth-order valence-corrected chi connectivity index (χ4v) is 1.27. The van der Waals surface area contributed by atoms with Gasteiger partial charge in [0.25, 0.3) is 10.2 Å². The molecule has 0 spiro atoms. The maximum atomic E-state index is 11.0.